The molecule has 1 unspecified atom stereocenters. The molecular formula is C17H23ClN4O2. The second-order valence-electron chi connectivity index (χ2n) is 5.78. The summed E-state index contributed by atoms with van der Waals surface area (Å²) >= 11 is 0. The van der Waals surface area contributed by atoms with Crippen molar-refractivity contribution in [3.63, 3.8) is 0 Å². The number of nitrogens with zero attached hydrogens (tertiary/aromatic N) is 2. The van der Waals surface area contributed by atoms with Crippen molar-refractivity contribution in [2.45, 2.75) is 25.4 Å². The van der Waals surface area contributed by atoms with Crippen molar-refractivity contribution in [1.82, 2.24) is 20.4 Å². The van der Waals surface area contributed by atoms with Crippen molar-refractivity contribution >= 4 is 18.3 Å². The molecule has 3 rings (SSSR count). The van der Waals surface area contributed by atoms with Crippen LogP contribution in [0.3, 0.4) is 0 Å². The highest BCUT2D eigenvalue weighted by Gasteiger charge is 2.16. The number of carbonyl (C=O) groups is 1. The lowest BCUT2D eigenvalue weighted by atomic mass is 10.2. The summed E-state index contributed by atoms with van der Waals surface area (Å²) in [7, 11) is 1.65. The van der Waals surface area contributed by atoms with Crippen LogP contribution in [0.5, 0.6) is 5.75 Å². The smallest absolute Gasteiger partial charge is 0.254 e. The summed E-state index contributed by atoms with van der Waals surface area (Å²) in [6, 6.07) is 8.22. The number of nitrogens with one attached hydrogen (secondary N) is 2. The van der Waals surface area contributed by atoms with E-state index >= 15 is 0 Å². The minimum absolute atomic E-state index is 0. The van der Waals surface area contributed by atoms with Gasteiger partial charge in [0.15, 0.2) is 0 Å². The number of rotatable bonds is 6. The van der Waals surface area contributed by atoms with E-state index in [1.54, 1.807) is 24.2 Å². The fraction of sp³-hybridized carbons (Fsp3) is 0.412. The lowest BCUT2D eigenvalue weighted by Gasteiger charge is -2.10. The van der Waals surface area contributed by atoms with Crippen LogP contribution >= 0.6 is 12.4 Å². The molecule has 1 aromatic carbocycles. The fourth-order valence-corrected chi connectivity index (χ4v) is 2.73. The molecule has 0 spiro atoms. The van der Waals surface area contributed by atoms with Gasteiger partial charge in [0, 0.05) is 18.8 Å². The molecule has 6 nitrogen and oxygen atoms in total. The van der Waals surface area contributed by atoms with Crippen molar-refractivity contribution in [3.8, 4) is 5.75 Å². The van der Waals surface area contributed by atoms with Crippen molar-refractivity contribution in [3.05, 3.63) is 47.8 Å². The third-order valence-corrected chi connectivity index (χ3v) is 4.07. The van der Waals surface area contributed by atoms with E-state index in [0.29, 0.717) is 24.7 Å². The molecule has 0 saturated carbocycles. The summed E-state index contributed by atoms with van der Waals surface area (Å²) in [6.07, 6.45) is 5.69. The Morgan fingerprint density at radius 1 is 1.42 bits per heavy atom. The van der Waals surface area contributed by atoms with Crippen molar-refractivity contribution in [1.29, 1.82) is 0 Å². The zero-order valence-corrected chi connectivity index (χ0v) is 14.5. The largest absolute Gasteiger partial charge is 0.497 e. The number of aromatic nitrogens is 2. The standard InChI is InChI=1S/C17H22N4O2.ClH/c1-23-16-6-4-13(5-7-16)11-21-12-14(9-20-21)17(22)19-10-15-3-2-8-18-15;/h4-7,9,12,15,18H,2-3,8,10-11H2,1H3,(H,19,22);1H. The maximum atomic E-state index is 12.1. The normalized spacial score (nSPS) is 16.5. The molecule has 1 aliphatic rings. The van der Waals surface area contributed by atoms with Crippen molar-refractivity contribution < 1.29 is 9.53 Å². The summed E-state index contributed by atoms with van der Waals surface area (Å²) in [6.45, 7) is 2.34. The van der Waals surface area contributed by atoms with Crippen LogP contribution in [0, 0.1) is 0 Å². The monoisotopic (exact) mass is 350 g/mol. The Morgan fingerprint density at radius 3 is 2.88 bits per heavy atom. The average Bonchev–Trinajstić information content (AvgIpc) is 3.25. The number of hydrogen-bond acceptors (Lipinski definition) is 4. The van der Waals surface area contributed by atoms with E-state index in [2.05, 4.69) is 15.7 Å². The zero-order valence-electron chi connectivity index (χ0n) is 13.7. The zero-order chi connectivity index (χ0) is 16.1. The first-order valence-electron chi connectivity index (χ1n) is 7.91. The first-order valence-corrected chi connectivity index (χ1v) is 7.91. The molecule has 0 aliphatic carbocycles. The lowest BCUT2D eigenvalue weighted by molar-refractivity contribution is 0.0950. The van der Waals surface area contributed by atoms with Gasteiger partial charge in [-0.15, -0.1) is 12.4 Å². The summed E-state index contributed by atoms with van der Waals surface area (Å²) in [4.78, 5) is 12.1. The van der Waals surface area contributed by atoms with Crippen LogP contribution in [0.25, 0.3) is 0 Å². The van der Waals surface area contributed by atoms with E-state index in [4.69, 9.17) is 4.74 Å². The van der Waals surface area contributed by atoms with E-state index < -0.39 is 0 Å². The Kier molecular flexibility index (Phi) is 6.63. The number of carbonyl (C=O) groups excluding carboxylic acids is 1. The molecule has 2 aromatic rings. The molecule has 130 valence electrons. The quantitative estimate of drug-likeness (QED) is 0.834. The number of amides is 1. The van der Waals surface area contributed by atoms with Gasteiger partial charge < -0.3 is 15.4 Å². The minimum Gasteiger partial charge on any atom is -0.497 e. The third kappa shape index (κ3) is 4.72. The average molecular weight is 351 g/mol. The predicted octanol–water partition coefficient (Wildman–Crippen LogP) is 1.84. The number of benzene rings is 1. The second-order valence-corrected chi connectivity index (χ2v) is 5.78. The van der Waals surface area contributed by atoms with Crippen LogP contribution in [0.1, 0.15) is 28.8 Å². The van der Waals surface area contributed by atoms with Crippen molar-refractivity contribution in [2.75, 3.05) is 20.2 Å². The van der Waals surface area contributed by atoms with Crippen LogP contribution in [0.2, 0.25) is 0 Å². The van der Waals surface area contributed by atoms with Gasteiger partial charge in [-0.3, -0.25) is 9.48 Å². The van der Waals surface area contributed by atoms with Gasteiger partial charge in [0.05, 0.1) is 25.4 Å². The molecule has 7 heteroatoms. The van der Waals surface area contributed by atoms with Crippen LogP contribution in [-0.2, 0) is 6.54 Å². The molecule has 1 amide bonds. The highest BCUT2D eigenvalue weighted by Crippen LogP contribution is 2.12. The molecule has 0 radical (unpaired) electrons. The highest BCUT2D eigenvalue weighted by atomic mass is 35.5. The minimum atomic E-state index is -0.0697. The summed E-state index contributed by atoms with van der Waals surface area (Å²) in [5.41, 5.74) is 1.70. The number of methoxy groups -OCH3 is 1. The molecule has 2 heterocycles. The van der Waals surface area contributed by atoms with Crippen LogP contribution in [0.15, 0.2) is 36.7 Å². The number of hydrogen-bond donors (Lipinski definition) is 2. The Balaban J connectivity index is 0.00000208. The Morgan fingerprint density at radius 2 is 2.21 bits per heavy atom. The topological polar surface area (TPSA) is 68.2 Å². The molecular weight excluding hydrogens is 328 g/mol. The van der Waals surface area contributed by atoms with E-state index in [1.165, 1.54) is 6.42 Å². The molecule has 1 aromatic heterocycles. The maximum Gasteiger partial charge on any atom is 0.254 e. The van der Waals surface area contributed by atoms with Gasteiger partial charge in [-0.25, -0.2) is 0 Å². The molecule has 0 bridgehead atoms. The maximum absolute atomic E-state index is 12.1. The van der Waals surface area contributed by atoms with E-state index in [1.807, 2.05) is 24.3 Å². The summed E-state index contributed by atoms with van der Waals surface area (Å²) in [5, 5.41) is 10.6. The Bertz CT molecular complexity index is 651. The highest BCUT2D eigenvalue weighted by molar-refractivity contribution is 5.93. The van der Waals surface area contributed by atoms with Crippen LogP contribution < -0.4 is 15.4 Å². The predicted molar refractivity (Wildman–Crippen MR) is 94.9 cm³/mol. The Hall–Kier alpha value is -2.05. The number of ether oxygens (including phenoxy) is 1. The molecule has 1 atom stereocenters. The van der Waals surface area contributed by atoms with Crippen LogP contribution in [0.4, 0.5) is 0 Å². The SMILES string of the molecule is COc1ccc(Cn2cc(C(=O)NCC3CCCN3)cn2)cc1.Cl. The molecule has 2 N–H and O–H groups in total. The molecule has 1 saturated heterocycles. The molecule has 1 fully saturated rings. The fourth-order valence-electron chi connectivity index (χ4n) is 2.73. The second kappa shape index (κ2) is 8.70. The van der Waals surface area contributed by atoms with Gasteiger partial charge in [0.2, 0.25) is 0 Å². The molecule has 1 aliphatic heterocycles. The van der Waals surface area contributed by atoms with E-state index in [-0.39, 0.29) is 18.3 Å². The first-order chi connectivity index (χ1) is 11.2. The van der Waals surface area contributed by atoms with Gasteiger partial charge in [0.1, 0.15) is 5.75 Å². The van der Waals surface area contributed by atoms with Gasteiger partial charge in [0.25, 0.3) is 5.91 Å². The van der Waals surface area contributed by atoms with Gasteiger partial charge in [-0.05, 0) is 37.1 Å². The summed E-state index contributed by atoms with van der Waals surface area (Å²) < 4.78 is 6.91. The van der Waals surface area contributed by atoms with Gasteiger partial charge in [-0.2, -0.15) is 5.10 Å². The van der Waals surface area contributed by atoms with E-state index in [0.717, 1.165) is 24.3 Å². The molecule has 24 heavy (non-hydrogen) atoms. The third-order valence-electron chi connectivity index (χ3n) is 4.07. The first kappa shape index (κ1) is 18.3. The van der Waals surface area contributed by atoms with Crippen molar-refractivity contribution in [2.24, 2.45) is 0 Å². The van der Waals surface area contributed by atoms with Gasteiger partial charge in [-0.1, -0.05) is 12.1 Å². The number of halogens is 1. The van der Waals surface area contributed by atoms with Crippen LogP contribution in [-0.4, -0.2) is 41.9 Å². The van der Waals surface area contributed by atoms with Gasteiger partial charge >= 0.3 is 0 Å². The summed E-state index contributed by atoms with van der Waals surface area (Å²) in [5.74, 6) is 0.759. The lowest BCUT2D eigenvalue weighted by Crippen LogP contribution is -2.37. The van der Waals surface area contributed by atoms with E-state index in [9.17, 15) is 4.79 Å². The Labute approximate surface area is 148 Å².